The predicted molar refractivity (Wildman–Crippen MR) is 62.0 cm³/mol. The fraction of sp³-hybridized carbons (Fsp3) is 0.250. The van der Waals surface area contributed by atoms with Crippen molar-refractivity contribution >= 4 is 23.1 Å². The first kappa shape index (κ1) is 11.8. The summed E-state index contributed by atoms with van der Waals surface area (Å²) in [4.78, 5) is 10.9. The number of aliphatic carboxylic acids is 1. The molecule has 0 atom stereocenters. The molecule has 0 saturated carbocycles. The molecule has 0 fully saturated rings. The topological polar surface area (TPSA) is 37.3 Å². The van der Waals surface area contributed by atoms with Gasteiger partial charge in [-0.25, -0.2) is 4.79 Å². The molecule has 0 aliphatic rings. The summed E-state index contributed by atoms with van der Waals surface area (Å²) >= 11 is 5.77. The van der Waals surface area contributed by atoms with E-state index in [2.05, 4.69) is 0 Å². The van der Waals surface area contributed by atoms with E-state index in [1.807, 2.05) is 19.1 Å². The Balaban J connectivity index is 3.19. The van der Waals surface area contributed by atoms with Gasteiger partial charge in [0.25, 0.3) is 0 Å². The second-order valence-electron chi connectivity index (χ2n) is 3.27. The third-order valence-corrected chi connectivity index (χ3v) is 2.57. The molecule has 1 rings (SSSR count). The van der Waals surface area contributed by atoms with Crippen LogP contribution in [0, 0.1) is 0 Å². The van der Waals surface area contributed by atoms with Gasteiger partial charge >= 0.3 is 5.97 Å². The Bertz CT molecular complexity index is 391. The number of halogens is 1. The van der Waals surface area contributed by atoms with Crippen molar-refractivity contribution in [2.24, 2.45) is 0 Å². The highest BCUT2D eigenvalue weighted by Crippen LogP contribution is 2.23. The van der Waals surface area contributed by atoms with Crippen molar-refractivity contribution < 1.29 is 9.90 Å². The van der Waals surface area contributed by atoms with Gasteiger partial charge in [-0.3, -0.25) is 0 Å². The van der Waals surface area contributed by atoms with Crippen LogP contribution in [-0.4, -0.2) is 11.1 Å². The van der Waals surface area contributed by atoms with E-state index in [1.54, 1.807) is 19.1 Å². The summed E-state index contributed by atoms with van der Waals surface area (Å²) in [6.07, 6.45) is 0.694. The summed E-state index contributed by atoms with van der Waals surface area (Å²) in [6.45, 7) is 3.56. The highest BCUT2D eigenvalue weighted by Gasteiger charge is 2.09. The van der Waals surface area contributed by atoms with Gasteiger partial charge in [0, 0.05) is 10.6 Å². The van der Waals surface area contributed by atoms with Crippen molar-refractivity contribution in [3.05, 3.63) is 40.4 Å². The van der Waals surface area contributed by atoms with Crippen LogP contribution in [0.15, 0.2) is 29.8 Å². The smallest absolute Gasteiger partial charge is 0.331 e. The fourth-order valence-electron chi connectivity index (χ4n) is 1.47. The highest BCUT2D eigenvalue weighted by atomic mass is 35.5. The van der Waals surface area contributed by atoms with Crippen LogP contribution in [-0.2, 0) is 4.79 Å². The lowest BCUT2D eigenvalue weighted by molar-refractivity contribution is -0.132. The van der Waals surface area contributed by atoms with Crippen LogP contribution in [0.3, 0.4) is 0 Å². The number of carboxylic acid groups (broad SMARTS) is 1. The van der Waals surface area contributed by atoms with Crippen LogP contribution in [0.5, 0.6) is 0 Å². The van der Waals surface area contributed by atoms with Crippen LogP contribution < -0.4 is 0 Å². The van der Waals surface area contributed by atoms with Crippen molar-refractivity contribution in [3.8, 4) is 0 Å². The Hall–Kier alpha value is -1.28. The number of carbonyl (C=O) groups is 1. The van der Waals surface area contributed by atoms with Crippen LogP contribution in [0.25, 0.3) is 5.57 Å². The average Bonchev–Trinajstić information content (AvgIpc) is 2.21. The number of benzene rings is 1. The number of hydrogen-bond donors (Lipinski definition) is 1. The van der Waals surface area contributed by atoms with Gasteiger partial charge in [0.1, 0.15) is 0 Å². The maximum absolute atomic E-state index is 10.9. The quantitative estimate of drug-likeness (QED) is 0.797. The zero-order valence-corrected chi connectivity index (χ0v) is 9.51. The van der Waals surface area contributed by atoms with Gasteiger partial charge in [0.2, 0.25) is 0 Å². The van der Waals surface area contributed by atoms with E-state index >= 15 is 0 Å². The monoisotopic (exact) mass is 224 g/mol. The normalized spacial score (nSPS) is 12.2. The molecule has 15 heavy (non-hydrogen) atoms. The van der Waals surface area contributed by atoms with E-state index in [0.717, 1.165) is 11.1 Å². The summed E-state index contributed by atoms with van der Waals surface area (Å²) in [6, 6.07) is 7.21. The average molecular weight is 225 g/mol. The van der Waals surface area contributed by atoms with E-state index in [4.69, 9.17) is 16.7 Å². The van der Waals surface area contributed by atoms with Gasteiger partial charge in [-0.1, -0.05) is 30.7 Å². The molecule has 0 amide bonds. The van der Waals surface area contributed by atoms with E-state index < -0.39 is 5.97 Å². The summed E-state index contributed by atoms with van der Waals surface area (Å²) < 4.78 is 0. The van der Waals surface area contributed by atoms with E-state index in [0.29, 0.717) is 17.0 Å². The molecule has 1 aromatic rings. The SMILES string of the molecule is CC/C(=C(/C)C(=O)O)c1ccc(Cl)cc1. The number of rotatable bonds is 3. The number of carboxylic acids is 1. The molecule has 0 unspecified atom stereocenters. The fourth-order valence-corrected chi connectivity index (χ4v) is 1.59. The zero-order chi connectivity index (χ0) is 11.4. The molecule has 0 bridgehead atoms. The Kier molecular flexibility index (Phi) is 3.92. The van der Waals surface area contributed by atoms with Crippen LogP contribution in [0.1, 0.15) is 25.8 Å². The Morgan fingerprint density at radius 2 is 1.87 bits per heavy atom. The van der Waals surface area contributed by atoms with Crippen LogP contribution in [0.2, 0.25) is 5.02 Å². The maximum Gasteiger partial charge on any atom is 0.331 e. The third-order valence-electron chi connectivity index (χ3n) is 2.32. The zero-order valence-electron chi connectivity index (χ0n) is 8.75. The molecular formula is C12H13ClO2. The van der Waals surface area contributed by atoms with Gasteiger partial charge in [0.05, 0.1) is 0 Å². The Morgan fingerprint density at radius 1 is 1.33 bits per heavy atom. The number of hydrogen-bond acceptors (Lipinski definition) is 1. The van der Waals surface area contributed by atoms with Crippen molar-refractivity contribution in [2.75, 3.05) is 0 Å². The standard InChI is InChI=1S/C12H13ClO2/c1-3-11(8(2)12(14)15)9-4-6-10(13)7-5-9/h4-7H,3H2,1-2H3,(H,14,15)/b11-8+. The van der Waals surface area contributed by atoms with Gasteiger partial charge in [0.15, 0.2) is 0 Å². The summed E-state index contributed by atoms with van der Waals surface area (Å²) in [5.41, 5.74) is 2.15. The van der Waals surface area contributed by atoms with Gasteiger partial charge in [-0.15, -0.1) is 0 Å². The summed E-state index contributed by atoms with van der Waals surface area (Å²) in [5.74, 6) is -0.873. The lowest BCUT2D eigenvalue weighted by Crippen LogP contribution is -2.00. The predicted octanol–water partition coefficient (Wildman–Crippen LogP) is 3.61. The van der Waals surface area contributed by atoms with Gasteiger partial charge < -0.3 is 5.11 Å². The molecule has 2 nitrogen and oxygen atoms in total. The molecule has 80 valence electrons. The Labute approximate surface area is 94.2 Å². The molecule has 0 radical (unpaired) electrons. The largest absolute Gasteiger partial charge is 0.478 e. The first-order valence-corrected chi connectivity index (χ1v) is 5.13. The molecule has 3 heteroatoms. The molecule has 1 N–H and O–H groups in total. The first-order chi connectivity index (χ1) is 7.06. The molecule has 0 spiro atoms. The van der Waals surface area contributed by atoms with Crippen LogP contribution in [0.4, 0.5) is 0 Å². The molecule has 0 aromatic heterocycles. The number of allylic oxidation sites excluding steroid dienone is 1. The molecular weight excluding hydrogens is 212 g/mol. The minimum absolute atomic E-state index is 0.389. The van der Waals surface area contributed by atoms with Gasteiger partial charge in [-0.05, 0) is 36.6 Å². The van der Waals surface area contributed by atoms with E-state index in [9.17, 15) is 4.79 Å². The lowest BCUT2D eigenvalue weighted by Gasteiger charge is -2.07. The first-order valence-electron chi connectivity index (χ1n) is 4.75. The van der Waals surface area contributed by atoms with Crippen molar-refractivity contribution in [2.45, 2.75) is 20.3 Å². The third kappa shape index (κ3) is 2.83. The maximum atomic E-state index is 10.9. The molecule has 0 heterocycles. The van der Waals surface area contributed by atoms with Gasteiger partial charge in [-0.2, -0.15) is 0 Å². The lowest BCUT2D eigenvalue weighted by atomic mass is 9.98. The van der Waals surface area contributed by atoms with Crippen molar-refractivity contribution in [3.63, 3.8) is 0 Å². The van der Waals surface area contributed by atoms with Crippen LogP contribution >= 0.6 is 11.6 Å². The second kappa shape index (κ2) is 4.99. The van der Waals surface area contributed by atoms with E-state index in [-0.39, 0.29) is 0 Å². The minimum Gasteiger partial charge on any atom is -0.478 e. The molecule has 1 aromatic carbocycles. The second-order valence-corrected chi connectivity index (χ2v) is 3.71. The Morgan fingerprint density at radius 3 is 2.27 bits per heavy atom. The van der Waals surface area contributed by atoms with Crippen molar-refractivity contribution in [1.82, 2.24) is 0 Å². The van der Waals surface area contributed by atoms with E-state index in [1.165, 1.54) is 0 Å². The highest BCUT2D eigenvalue weighted by molar-refractivity contribution is 6.30. The molecule has 0 aliphatic heterocycles. The summed E-state index contributed by atoms with van der Waals surface area (Å²) in [7, 11) is 0. The summed E-state index contributed by atoms with van der Waals surface area (Å²) in [5, 5.41) is 9.57. The minimum atomic E-state index is -0.873. The molecule has 0 saturated heterocycles. The van der Waals surface area contributed by atoms with Crippen molar-refractivity contribution in [1.29, 1.82) is 0 Å². The molecule has 0 aliphatic carbocycles.